The Hall–Kier alpha value is -1.61. The average Bonchev–Trinajstić information content (AvgIpc) is 3.11. The van der Waals surface area contributed by atoms with Crippen LogP contribution in [0.15, 0.2) is 36.8 Å². The molecule has 1 aliphatic rings. The molecule has 1 fully saturated rings. The molecule has 2 N–H and O–H groups in total. The van der Waals surface area contributed by atoms with Gasteiger partial charge < -0.3 is 10.3 Å². The summed E-state index contributed by atoms with van der Waals surface area (Å²) in [6.45, 7) is 1.49. The van der Waals surface area contributed by atoms with Gasteiger partial charge in [-0.1, -0.05) is 24.3 Å². The highest BCUT2D eigenvalue weighted by molar-refractivity contribution is 5.28. The Labute approximate surface area is 101 Å². The average molecular weight is 227 g/mol. The van der Waals surface area contributed by atoms with Gasteiger partial charge >= 0.3 is 0 Å². The van der Waals surface area contributed by atoms with Gasteiger partial charge in [0.25, 0.3) is 0 Å². The number of imidazole rings is 1. The van der Waals surface area contributed by atoms with Crippen molar-refractivity contribution in [3.63, 3.8) is 0 Å². The molecule has 1 aliphatic carbocycles. The van der Waals surface area contributed by atoms with Crippen LogP contribution in [0.3, 0.4) is 0 Å². The molecule has 1 heterocycles. The van der Waals surface area contributed by atoms with E-state index in [9.17, 15) is 0 Å². The Balaban J connectivity index is 1.88. The number of hydrogen-bond acceptors (Lipinski definition) is 2. The van der Waals surface area contributed by atoms with Crippen LogP contribution in [0.4, 0.5) is 0 Å². The highest BCUT2D eigenvalue weighted by atomic mass is 15.0. The highest BCUT2D eigenvalue weighted by Crippen LogP contribution is 2.39. The summed E-state index contributed by atoms with van der Waals surface area (Å²) in [5.74, 6) is 0.738. The monoisotopic (exact) mass is 227 g/mol. The lowest BCUT2D eigenvalue weighted by Gasteiger charge is -2.11. The number of rotatable bonds is 4. The molecule has 0 radical (unpaired) electrons. The normalized spacial score (nSPS) is 15.1. The fourth-order valence-corrected chi connectivity index (χ4v) is 2.28. The van der Waals surface area contributed by atoms with E-state index in [1.54, 1.807) is 0 Å². The van der Waals surface area contributed by atoms with Crippen LogP contribution in [-0.4, -0.2) is 9.55 Å². The number of nitrogens with zero attached hydrogens (tertiary/aromatic N) is 2. The molecule has 1 aromatic carbocycles. The molecule has 3 nitrogen and oxygen atoms in total. The molecule has 3 rings (SSSR count). The third-order valence-electron chi connectivity index (χ3n) is 3.42. The molecule has 0 spiro atoms. The van der Waals surface area contributed by atoms with Crippen molar-refractivity contribution in [1.82, 2.24) is 9.55 Å². The van der Waals surface area contributed by atoms with Crippen LogP contribution < -0.4 is 5.73 Å². The lowest BCUT2D eigenvalue weighted by Crippen LogP contribution is -2.07. The van der Waals surface area contributed by atoms with E-state index in [-0.39, 0.29) is 0 Å². The lowest BCUT2D eigenvalue weighted by molar-refractivity contribution is 0.734. The summed E-state index contributed by atoms with van der Waals surface area (Å²) in [5, 5.41) is 0. The molecule has 3 heteroatoms. The molecule has 0 bridgehead atoms. The fourth-order valence-electron chi connectivity index (χ4n) is 2.28. The summed E-state index contributed by atoms with van der Waals surface area (Å²) in [6.07, 6.45) is 6.55. The van der Waals surface area contributed by atoms with Crippen molar-refractivity contribution < 1.29 is 0 Å². The first-order valence-corrected chi connectivity index (χ1v) is 6.15. The van der Waals surface area contributed by atoms with E-state index in [2.05, 4.69) is 27.8 Å². The van der Waals surface area contributed by atoms with E-state index < -0.39 is 0 Å². The van der Waals surface area contributed by atoms with Crippen LogP contribution in [0.2, 0.25) is 0 Å². The van der Waals surface area contributed by atoms with E-state index >= 15 is 0 Å². The molecular weight excluding hydrogens is 210 g/mol. The molecule has 0 amide bonds. The molecule has 17 heavy (non-hydrogen) atoms. The maximum atomic E-state index is 5.76. The van der Waals surface area contributed by atoms with Gasteiger partial charge in [-0.3, -0.25) is 0 Å². The standard InChI is InChI=1S/C14H17N3/c15-7-12-3-1-2-4-13(12)9-17-10-16-8-14(17)11-5-6-11/h1-4,8,10-11H,5-7,9,15H2. The second kappa shape index (κ2) is 4.34. The molecule has 0 saturated heterocycles. The van der Waals surface area contributed by atoms with E-state index in [1.807, 2.05) is 18.6 Å². The van der Waals surface area contributed by atoms with Gasteiger partial charge in [-0.15, -0.1) is 0 Å². The zero-order chi connectivity index (χ0) is 11.7. The minimum atomic E-state index is 0.601. The maximum Gasteiger partial charge on any atom is 0.0951 e. The highest BCUT2D eigenvalue weighted by Gasteiger charge is 2.26. The quantitative estimate of drug-likeness (QED) is 0.870. The van der Waals surface area contributed by atoms with Crippen LogP contribution in [0.25, 0.3) is 0 Å². The lowest BCUT2D eigenvalue weighted by atomic mass is 10.1. The first-order valence-electron chi connectivity index (χ1n) is 6.15. The number of nitrogens with two attached hydrogens (primary N) is 1. The summed E-state index contributed by atoms with van der Waals surface area (Å²) in [7, 11) is 0. The van der Waals surface area contributed by atoms with Crippen molar-refractivity contribution in [3.8, 4) is 0 Å². The predicted octanol–water partition coefficient (Wildman–Crippen LogP) is 2.27. The van der Waals surface area contributed by atoms with E-state index in [0.717, 1.165) is 12.5 Å². The molecule has 1 saturated carbocycles. The molecule has 0 unspecified atom stereocenters. The Morgan fingerprint density at radius 2 is 2.00 bits per heavy atom. The van der Waals surface area contributed by atoms with Crippen molar-refractivity contribution in [2.45, 2.75) is 31.8 Å². The van der Waals surface area contributed by atoms with Gasteiger partial charge in [0.1, 0.15) is 0 Å². The van der Waals surface area contributed by atoms with Gasteiger partial charge in [-0.05, 0) is 24.0 Å². The number of aromatic nitrogens is 2. The van der Waals surface area contributed by atoms with Crippen molar-refractivity contribution in [3.05, 3.63) is 53.6 Å². The van der Waals surface area contributed by atoms with Crippen molar-refractivity contribution in [2.75, 3.05) is 0 Å². The van der Waals surface area contributed by atoms with Gasteiger partial charge in [-0.2, -0.15) is 0 Å². The molecule has 88 valence electrons. The Kier molecular flexibility index (Phi) is 2.69. The van der Waals surface area contributed by atoms with E-state index in [4.69, 9.17) is 5.73 Å². The Bertz CT molecular complexity index is 512. The number of hydrogen-bond donors (Lipinski definition) is 1. The Morgan fingerprint density at radius 1 is 1.24 bits per heavy atom. The van der Waals surface area contributed by atoms with Crippen LogP contribution in [0, 0.1) is 0 Å². The Morgan fingerprint density at radius 3 is 2.71 bits per heavy atom. The second-order valence-electron chi connectivity index (χ2n) is 4.69. The van der Waals surface area contributed by atoms with Crippen molar-refractivity contribution in [2.24, 2.45) is 5.73 Å². The predicted molar refractivity (Wildman–Crippen MR) is 67.6 cm³/mol. The summed E-state index contributed by atoms with van der Waals surface area (Å²) in [4.78, 5) is 4.27. The van der Waals surface area contributed by atoms with Gasteiger partial charge in [0.2, 0.25) is 0 Å². The second-order valence-corrected chi connectivity index (χ2v) is 4.69. The van der Waals surface area contributed by atoms with E-state index in [0.29, 0.717) is 6.54 Å². The number of benzene rings is 1. The van der Waals surface area contributed by atoms with Crippen molar-refractivity contribution in [1.29, 1.82) is 0 Å². The first-order chi connectivity index (χ1) is 8.38. The van der Waals surface area contributed by atoms with Gasteiger partial charge in [0.15, 0.2) is 0 Å². The smallest absolute Gasteiger partial charge is 0.0951 e. The summed E-state index contributed by atoms with van der Waals surface area (Å²) in [5.41, 5.74) is 9.66. The van der Waals surface area contributed by atoms with Crippen LogP contribution in [0.5, 0.6) is 0 Å². The summed E-state index contributed by atoms with van der Waals surface area (Å²) in [6, 6.07) is 8.37. The van der Waals surface area contributed by atoms with Gasteiger partial charge in [0.05, 0.1) is 6.33 Å². The van der Waals surface area contributed by atoms with E-state index in [1.165, 1.54) is 29.7 Å². The zero-order valence-electron chi connectivity index (χ0n) is 9.84. The van der Waals surface area contributed by atoms with Crippen LogP contribution in [-0.2, 0) is 13.1 Å². The zero-order valence-corrected chi connectivity index (χ0v) is 9.84. The van der Waals surface area contributed by atoms with Crippen LogP contribution >= 0.6 is 0 Å². The topological polar surface area (TPSA) is 43.8 Å². The molecule has 0 aliphatic heterocycles. The SMILES string of the molecule is NCc1ccccc1Cn1cncc1C1CC1. The maximum absolute atomic E-state index is 5.76. The van der Waals surface area contributed by atoms with Crippen molar-refractivity contribution >= 4 is 0 Å². The third kappa shape index (κ3) is 2.11. The minimum Gasteiger partial charge on any atom is -0.330 e. The largest absolute Gasteiger partial charge is 0.330 e. The van der Waals surface area contributed by atoms with Crippen LogP contribution in [0.1, 0.15) is 35.6 Å². The molecule has 2 aromatic rings. The van der Waals surface area contributed by atoms with Gasteiger partial charge in [0, 0.05) is 30.9 Å². The summed E-state index contributed by atoms with van der Waals surface area (Å²) < 4.78 is 2.26. The molecule has 1 aromatic heterocycles. The first kappa shape index (κ1) is 10.5. The summed E-state index contributed by atoms with van der Waals surface area (Å²) >= 11 is 0. The third-order valence-corrected chi connectivity index (χ3v) is 3.42. The molecule has 0 atom stereocenters. The van der Waals surface area contributed by atoms with Gasteiger partial charge in [-0.25, -0.2) is 4.98 Å². The molecular formula is C14H17N3. The fraction of sp³-hybridized carbons (Fsp3) is 0.357. The minimum absolute atomic E-state index is 0.601.